The summed E-state index contributed by atoms with van der Waals surface area (Å²) in [5.74, 6) is -6.03. The normalized spacial score (nSPS) is 26.0. The Balaban J connectivity index is 2.72. The van der Waals surface area contributed by atoms with Gasteiger partial charge < -0.3 is 66.2 Å². The molecule has 12 N–H and O–H groups in total. The van der Waals surface area contributed by atoms with E-state index < -0.39 is 114 Å². The first-order chi connectivity index (χ1) is 26.6. The molecule has 1 amide bonds. The number of allylic oxidation sites excluding steroid dienone is 2. The van der Waals surface area contributed by atoms with Gasteiger partial charge in [-0.2, -0.15) is 0 Å². The molecule has 0 aromatic carbocycles. The summed E-state index contributed by atoms with van der Waals surface area (Å²) in [7, 11) is 1.50. The van der Waals surface area contributed by atoms with Gasteiger partial charge in [0.1, 0.15) is 11.3 Å². The van der Waals surface area contributed by atoms with Gasteiger partial charge in [-0.05, 0) is 69.3 Å². The number of aliphatic hydroxyl groups is 12. The van der Waals surface area contributed by atoms with Gasteiger partial charge >= 0.3 is 0 Å². The number of nitrogens with zero attached hydrogens (tertiary/aromatic N) is 1. The highest BCUT2D eigenvalue weighted by molar-refractivity contribution is 6.26. The molecular weight excluding hydrogens is 754 g/mol. The van der Waals surface area contributed by atoms with Gasteiger partial charge in [0.25, 0.3) is 5.91 Å². The number of aliphatic hydroxyl groups excluding tert-OH is 12. The predicted octanol–water partition coefficient (Wildman–Crippen LogP) is 1.20. The van der Waals surface area contributed by atoms with E-state index in [9.17, 15) is 70.9 Å². The van der Waals surface area contributed by atoms with Crippen molar-refractivity contribution in [2.45, 2.75) is 181 Å². The van der Waals surface area contributed by atoms with Crippen molar-refractivity contribution in [2.24, 2.45) is 47.3 Å². The van der Waals surface area contributed by atoms with E-state index >= 15 is 0 Å². The van der Waals surface area contributed by atoms with Gasteiger partial charge in [0, 0.05) is 36.6 Å². The third-order valence-corrected chi connectivity index (χ3v) is 12.8. The number of ketones is 1. The largest absolute Gasteiger partial charge is 0.507 e. The summed E-state index contributed by atoms with van der Waals surface area (Å²) in [6.45, 7) is 18.1. The van der Waals surface area contributed by atoms with Crippen LogP contribution in [0.3, 0.4) is 0 Å². The third-order valence-electron chi connectivity index (χ3n) is 12.8. The lowest BCUT2D eigenvalue weighted by Crippen LogP contribution is -2.47. The number of hydrogen-bond donors (Lipinski definition) is 12. The molecule has 0 saturated carbocycles. The molecule has 0 radical (unpaired) electrons. The molecule has 0 bridgehead atoms. The Morgan fingerprint density at radius 3 is 1.40 bits per heavy atom. The number of likely N-dealkylation sites (N-methyl/N-ethyl adjacent to an activating group) is 1. The topological polar surface area (TPSA) is 280 Å². The van der Waals surface area contributed by atoms with Crippen molar-refractivity contribution in [1.82, 2.24) is 4.90 Å². The van der Waals surface area contributed by atoms with Gasteiger partial charge in [-0.25, -0.2) is 0 Å². The first kappa shape index (κ1) is 54.0. The quantitative estimate of drug-likeness (QED) is 0.0350. The Bertz CT molecular complexity index is 1320. The maximum absolute atomic E-state index is 12.5. The second kappa shape index (κ2) is 23.8. The van der Waals surface area contributed by atoms with Crippen LogP contribution in [0.4, 0.5) is 0 Å². The summed E-state index contributed by atoms with van der Waals surface area (Å²) in [6, 6.07) is -0.661. The lowest BCUT2D eigenvalue weighted by atomic mass is 9.78. The van der Waals surface area contributed by atoms with Crippen molar-refractivity contribution >= 4 is 11.7 Å². The molecule has 340 valence electrons. The Hall–Kier alpha value is -2.02. The molecule has 19 unspecified atom stereocenters. The lowest BCUT2D eigenvalue weighted by molar-refractivity contribution is -0.125. The minimum absolute atomic E-state index is 0.127. The van der Waals surface area contributed by atoms with Crippen LogP contribution in [-0.4, -0.2) is 158 Å². The molecule has 1 aliphatic rings. The summed E-state index contributed by atoms with van der Waals surface area (Å²) in [4.78, 5) is 26.2. The molecule has 1 fully saturated rings. The first-order valence-electron chi connectivity index (χ1n) is 21.0. The van der Waals surface area contributed by atoms with Crippen LogP contribution in [0.15, 0.2) is 23.0 Å². The summed E-state index contributed by atoms with van der Waals surface area (Å²) in [6.07, 6.45) is -11.8. The van der Waals surface area contributed by atoms with Crippen molar-refractivity contribution in [1.29, 1.82) is 0 Å². The summed E-state index contributed by atoms with van der Waals surface area (Å²) >= 11 is 0. The summed E-state index contributed by atoms with van der Waals surface area (Å²) in [5.41, 5.74) is 0.137. The van der Waals surface area contributed by atoms with Gasteiger partial charge in [0.2, 0.25) is 0 Å². The van der Waals surface area contributed by atoms with E-state index in [-0.39, 0.29) is 54.8 Å². The van der Waals surface area contributed by atoms with E-state index in [1.165, 1.54) is 18.9 Å². The zero-order chi connectivity index (χ0) is 45.3. The summed E-state index contributed by atoms with van der Waals surface area (Å²) < 4.78 is 0. The highest BCUT2D eigenvalue weighted by Gasteiger charge is 2.41. The minimum Gasteiger partial charge on any atom is -0.507 e. The molecule has 1 rings (SSSR count). The van der Waals surface area contributed by atoms with Crippen molar-refractivity contribution in [2.75, 3.05) is 7.05 Å². The molecule has 1 saturated heterocycles. The Kier molecular flexibility index (Phi) is 22.2. The lowest BCUT2D eigenvalue weighted by Gasteiger charge is -2.36. The van der Waals surface area contributed by atoms with Gasteiger partial charge in [-0.1, -0.05) is 68.4 Å². The van der Waals surface area contributed by atoms with Gasteiger partial charge in [-0.15, -0.1) is 0 Å². The fourth-order valence-electron chi connectivity index (χ4n) is 8.16. The Morgan fingerprint density at radius 1 is 0.569 bits per heavy atom. The first-order valence-corrected chi connectivity index (χ1v) is 21.0. The van der Waals surface area contributed by atoms with E-state index in [1.54, 1.807) is 61.5 Å². The zero-order valence-electron chi connectivity index (χ0n) is 36.8. The molecule has 19 atom stereocenters. The molecule has 15 nitrogen and oxygen atoms in total. The van der Waals surface area contributed by atoms with Crippen LogP contribution in [0.25, 0.3) is 0 Å². The van der Waals surface area contributed by atoms with Crippen molar-refractivity contribution in [3.05, 3.63) is 23.0 Å². The van der Waals surface area contributed by atoms with Crippen LogP contribution >= 0.6 is 0 Å². The fourth-order valence-corrected chi connectivity index (χ4v) is 8.16. The maximum atomic E-state index is 12.5. The molecule has 58 heavy (non-hydrogen) atoms. The minimum atomic E-state index is -1.37. The van der Waals surface area contributed by atoms with Gasteiger partial charge in [0.15, 0.2) is 5.78 Å². The van der Waals surface area contributed by atoms with Crippen LogP contribution in [0, 0.1) is 47.3 Å². The molecule has 1 heterocycles. The number of amides is 1. The molecule has 0 aromatic rings. The smallest absolute Gasteiger partial charge is 0.261 e. The van der Waals surface area contributed by atoms with Crippen molar-refractivity contribution < 1.29 is 70.9 Å². The van der Waals surface area contributed by atoms with Gasteiger partial charge in [-0.3, -0.25) is 9.59 Å². The third kappa shape index (κ3) is 14.6. The zero-order valence-corrected chi connectivity index (χ0v) is 36.8. The molecule has 0 spiro atoms. The van der Waals surface area contributed by atoms with E-state index in [0.717, 1.165) is 0 Å². The number of carbonyl (C=O) groups is 2. The number of rotatable bonds is 25. The number of likely N-dealkylation sites (tertiary alicyclic amines) is 1. The average Bonchev–Trinajstić information content (AvgIpc) is 3.34. The van der Waals surface area contributed by atoms with Crippen molar-refractivity contribution in [3.8, 4) is 0 Å². The highest BCUT2D eigenvalue weighted by atomic mass is 16.3. The predicted molar refractivity (Wildman–Crippen MR) is 219 cm³/mol. The molecule has 0 aromatic heterocycles. The number of carbonyl (C=O) groups excluding carboxylic acids is 2. The number of Topliss-reactive ketones (excluding diaryl/α,β-unsaturated/α-hetero) is 1. The fraction of sp³-hybridized carbons (Fsp3) is 0.860. The molecule has 0 aliphatic carbocycles. The SMILES string of the molecule is CC(=C\C(C)CC(C)CC(O)C(O)C(C)C(O)C(C)C(O)C(C)C(O)CC(O)CC(O)CC(O)C(C)C(O)C(C)C(O)C(O)C(C)C)/C(O)=C1/C(=O)C(C)N(C)C1=O. The van der Waals surface area contributed by atoms with E-state index in [0.29, 0.717) is 12.0 Å². The molecule has 15 heteroatoms. The number of hydrogen-bond acceptors (Lipinski definition) is 14. The Morgan fingerprint density at radius 2 is 0.983 bits per heavy atom. The second-order valence-corrected chi connectivity index (χ2v) is 18.3. The van der Waals surface area contributed by atoms with Crippen LogP contribution < -0.4 is 0 Å². The second-order valence-electron chi connectivity index (χ2n) is 18.3. The highest BCUT2D eigenvalue weighted by Crippen LogP contribution is 2.31. The summed E-state index contributed by atoms with van der Waals surface area (Å²) in [5, 5.41) is 129. The average molecular weight is 834 g/mol. The standard InChI is InChI=1S/C43H79NO14/c1-19(2)35(50)41(56)27(10)38(53)24(7)32(48)18-30(46)16-29(45)17-31(47)23(6)37(52)25(8)39(54)26(9)40(55)33(49)15-21(4)13-20(3)14-22(5)36(51)34-42(57)28(11)44(12)43(34)58/h14,19-21,23-33,35,37-41,45-56H,13,15-18H2,1-12H3/b22-14+,36-34+. The van der Waals surface area contributed by atoms with Crippen LogP contribution in [0.1, 0.15) is 108 Å². The van der Waals surface area contributed by atoms with E-state index in [1.807, 2.05) is 13.8 Å². The molecule has 1 aliphatic heterocycles. The van der Waals surface area contributed by atoms with Gasteiger partial charge in [0.05, 0.1) is 73.2 Å². The maximum Gasteiger partial charge on any atom is 0.261 e. The van der Waals surface area contributed by atoms with Crippen LogP contribution in [0.5, 0.6) is 0 Å². The van der Waals surface area contributed by atoms with E-state index in [4.69, 9.17) is 0 Å². The monoisotopic (exact) mass is 834 g/mol. The Labute approximate surface area is 345 Å². The van der Waals surface area contributed by atoms with Crippen LogP contribution in [0.2, 0.25) is 0 Å². The van der Waals surface area contributed by atoms with Crippen LogP contribution in [-0.2, 0) is 9.59 Å². The van der Waals surface area contributed by atoms with Crippen molar-refractivity contribution in [3.63, 3.8) is 0 Å². The molecular formula is C43H79NO14. The van der Waals surface area contributed by atoms with E-state index in [2.05, 4.69) is 0 Å².